The Morgan fingerprint density at radius 2 is 1.43 bits per heavy atom. The summed E-state index contributed by atoms with van der Waals surface area (Å²) >= 11 is 6.86. The number of halogens is 1. The molecule has 0 aromatic carbocycles. The maximum atomic E-state index is 13.1. The van der Waals surface area contributed by atoms with E-state index in [0.717, 1.165) is 49.9 Å². The van der Waals surface area contributed by atoms with Gasteiger partial charge >= 0.3 is 5.97 Å². The van der Waals surface area contributed by atoms with Crippen LogP contribution in [0.4, 0.5) is 0 Å². The first kappa shape index (κ1) is 19.9. The van der Waals surface area contributed by atoms with Gasteiger partial charge in [0.1, 0.15) is 0 Å². The van der Waals surface area contributed by atoms with Gasteiger partial charge < -0.3 is 10.1 Å². The van der Waals surface area contributed by atoms with E-state index in [1.165, 1.54) is 44.9 Å². The van der Waals surface area contributed by atoms with Crippen molar-refractivity contribution in [3.63, 3.8) is 0 Å². The summed E-state index contributed by atoms with van der Waals surface area (Å²) in [6.07, 6.45) is 13.9. The van der Waals surface area contributed by atoms with Crippen molar-refractivity contribution in [2.24, 2.45) is 40.4 Å². The molecule has 166 valence electrons. The minimum absolute atomic E-state index is 0.128. The van der Waals surface area contributed by atoms with Crippen LogP contribution in [-0.4, -0.2) is 29.4 Å². The van der Waals surface area contributed by atoms with Crippen molar-refractivity contribution in [2.75, 3.05) is 6.61 Å². The van der Waals surface area contributed by atoms with Crippen LogP contribution in [0.1, 0.15) is 84.0 Å². The highest BCUT2D eigenvalue weighted by Crippen LogP contribution is 2.64. The van der Waals surface area contributed by atoms with Crippen LogP contribution in [0.25, 0.3) is 0 Å². The summed E-state index contributed by atoms with van der Waals surface area (Å²) in [5, 5.41) is 3.23. The Morgan fingerprint density at radius 3 is 1.97 bits per heavy atom. The average Bonchev–Trinajstić information content (AvgIpc) is 2.63. The number of rotatable bonds is 5. The first-order valence-electron chi connectivity index (χ1n) is 12.4. The molecule has 8 aliphatic rings. The maximum absolute atomic E-state index is 13.1. The lowest BCUT2D eigenvalue weighted by atomic mass is 9.48. The monoisotopic (exact) mass is 433 g/mol. The van der Waals surface area contributed by atoms with Crippen molar-refractivity contribution in [3.05, 3.63) is 0 Å². The first-order chi connectivity index (χ1) is 14.2. The van der Waals surface area contributed by atoms with E-state index in [0.29, 0.717) is 11.8 Å². The van der Waals surface area contributed by atoms with Crippen molar-refractivity contribution in [3.8, 4) is 0 Å². The molecule has 1 N–H and O–H groups in total. The van der Waals surface area contributed by atoms with Crippen LogP contribution in [-0.2, 0) is 14.3 Å². The minimum atomic E-state index is -0.433. The summed E-state index contributed by atoms with van der Waals surface area (Å²) in [7, 11) is 0. The standard InChI is InChI=1S/C25H36ClNO3/c1-15(23-6-16-2-17(7-23)4-18(3-16)8-23)27-21(28)13-30-22(29)24-9-19-5-20(10-24)12-25(26,11-19)14-24/h15-20H,2-14H2,1H3,(H,27,28)/t15-,16?,17?,18?,19+,20+,23?,24?,25?/m1/s1. The number of alkyl halides is 1. The molecule has 8 fully saturated rings. The Balaban J connectivity index is 1.06. The predicted octanol–water partition coefficient (Wildman–Crippen LogP) is 4.83. The fraction of sp³-hybridized carbons (Fsp3) is 0.920. The Labute approximate surface area is 185 Å². The zero-order valence-electron chi connectivity index (χ0n) is 18.3. The maximum Gasteiger partial charge on any atom is 0.312 e. The lowest BCUT2D eigenvalue weighted by molar-refractivity contribution is -0.172. The van der Waals surface area contributed by atoms with Gasteiger partial charge in [-0.2, -0.15) is 0 Å². The second kappa shape index (κ2) is 6.62. The largest absolute Gasteiger partial charge is 0.455 e. The topological polar surface area (TPSA) is 55.4 Å². The molecule has 8 rings (SSSR count). The molecule has 0 aromatic rings. The summed E-state index contributed by atoms with van der Waals surface area (Å²) in [5.74, 6) is 3.42. The van der Waals surface area contributed by atoms with E-state index in [2.05, 4.69) is 12.2 Å². The molecule has 1 amide bonds. The van der Waals surface area contributed by atoms with Crippen LogP contribution in [0.3, 0.4) is 0 Å². The van der Waals surface area contributed by atoms with Gasteiger partial charge in [-0.3, -0.25) is 9.59 Å². The lowest BCUT2D eigenvalue weighted by Crippen LogP contribution is -2.57. The van der Waals surface area contributed by atoms with Crippen LogP contribution in [0, 0.1) is 40.4 Å². The number of nitrogens with one attached hydrogen (secondary N) is 1. The van der Waals surface area contributed by atoms with E-state index in [-0.39, 0.29) is 34.8 Å². The summed E-state index contributed by atoms with van der Waals surface area (Å²) in [6, 6.07) is 0.169. The van der Waals surface area contributed by atoms with E-state index in [1.807, 2.05) is 0 Å². The second-order valence-electron chi connectivity index (χ2n) is 12.5. The van der Waals surface area contributed by atoms with Crippen molar-refractivity contribution in [1.82, 2.24) is 5.32 Å². The number of carbonyl (C=O) groups is 2. The van der Waals surface area contributed by atoms with E-state index >= 15 is 0 Å². The first-order valence-corrected chi connectivity index (χ1v) is 12.8. The molecule has 0 heterocycles. The highest BCUT2D eigenvalue weighted by Gasteiger charge is 2.61. The van der Waals surface area contributed by atoms with Gasteiger partial charge in [-0.1, -0.05) is 0 Å². The smallest absolute Gasteiger partial charge is 0.312 e. The summed E-state index contributed by atoms with van der Waals surface area (Å²) in [5.41, 5.74) is -0.156. The zero-order chi connectivity index (χ0) is 20.7. The molecular weight excluding hydrogens is 398 g/mol. The van der Waals surface area contributed by atoms with Crippen LogP contribution < -0.4 is 5.32 Å². The van der Waals surface area contributed by atoms with Gasteiger partial charge in [0, 0.05) is 10.9 Å². The fourth-order valence-electron chi connectivity index (χ4n) is 9.82. The molecule has 3 atom stereocenters. The fourth-order valence-corrected chi connectivity index (χ4v) is 10.5. The summed E-state index contributed by atoms with van der Waals surface area (Å²) in [4.78, 5) is 25.6. The van der Waals surface area contributed by atoms with Crippen LogP contribution >= 0.6 is 11.6 Å². The number of hydrogen-bond acceptors (Lipinski definition) is 3. The Morgan fingerprint density at radius 1 is 0.900 bits per heavy atom. The van der Waals surface area contributed by atoms with E-state index in [1.54, 1.807) is 0 Å². The Bertz CT molecular complexity index is 714. The van der Waals surface area contributed by atoms with E-state index in [9.17, 15) is 9.59 Å². The Hall–Kier alpha value is -0.770. The van der Waals surface area contributed by atoms with Gasteiger partial charge in [0.05, 0.1) is 5.41 Å². The quantitative estimate of drug-likeness (QED) is 0.499. The molecule has 5 heteroatoms. The molecule has 8 bridgehead atoms. The van der Waals surface area contributed by atoms with Gasteiger partial charge in [-0.25, -0.2) is 0 Å². The van der Waals surface area contributed by atoms with E-state index in [4.69, 9.17) is 16.3 Å². The molecule has 8 saturated carbocycles. The van der Waals surface area contributed by atoms with Crippen LogP contribution in [0.2, 0.25) is 0 Å². The predicted molar refractivity (Wildman–Crippen MR) is 115 cm³/mol. The molecule has 0 spiro atoms. The number of hydrogen-bond donors (Lipinski definition) is 1. The van der Waals surface area contributed by atoms with Gasteiger partial charge in [0.2, 0.25) is 0 Å². The molecule has 0 saturated heterocycles. The van der Waals surface area contributed by atoms with Crippen molar-refractivity contribution in [2.45, 2.75) is 94.9 Å². The molecule has 8 aliphatic carbocycles. The molecular formula is C25H36ClNO3. The third kappa shape index (κ3) is 3.14. The summed E-state index contributed by atoms with van der Waals surface area (Å²) in [6.45, 7) is 2.05. The van der Waals surface area contributed by atoms with Crippen molar-refractivity contribution < 1.29 is 14.3 Å². The van der Waals surface area contributed by atoms with E-state index < -0.39 is 5.41 Å². The third-order valence-electron chi connectivity index (χ3n) is 10.1. The molecule has 30 heavy (non-hydrogen) atoms. The van der Waals surface area contributed by atoms with Gasteiger partial charge in [-0.05, 0) is 119 Å². The van der Waals surface area contributed by atoms with Gasteiger partial charge in [0.15, 0.2) is 6.61 Å². The van der Waals surface area contributed by atoms with Crippen molar-refractivity contribution >= 4 is 23.5 Å². The molecule has 0 unspecified atom stereocenters. The average molecular weight is 434 g/mol. The highest BCUT2D eigenvalue weighted by atomic mass is 35.5. The van der Waals surface area contributed by atoms with Crippen molar-refractivity contribution in [1.29, 1.82) is 0 Å². The number of amides is 1. The molecule has 4 nitrogen and oxygen atoms in total. The van der Waals surface area contributed by atoms with Gasteiger partial charge in [0.25, 0.3) is 5.91 Å². The summed E-state index contributed by atoms with van der Waals surface area (Å²) < 4.78 is 5.64. The lowest BCUT2D eigenvalue weighted by Gasteiger charge is -2.59. The molecule has 0 radical (unpaired) electrons. The molecule has 0 aliphatic heterocycles. The second-order valence-corrected chi connectivity index (χ2v) is 13.3. The SMILES string of the molecule is C[C@@H](NC(=O)COC(=O)C12C[C@@H]3C[C@H](CC(Cl)(C3)C1)C2)C12CC3CC(CC(C3)C1)C2. The van der Waals surface area contributed by atoms with Crippen LogP contribution in [0.5, 0.6) is 0 Å². The number of esters is 1. The third-order valence-corrected chi connectivity index (χ3v) is 10.6. The highest BCUT2D eigenvalue weighted by molar-refractivity contribution is 6.24. The number of ether oxygens (including phenoxy) is 1. The minimum Gasteiger partial charge on any atom is -0.455 e. The number of carbonyl (C=O) groups excluding carboxylic acids is 2. The molecule has 0 aromatic heterocycles. The normalized spacial score (nSPS) is 51.1. The van der Waals surface area contributed by atoms with Crippen LogP contribution in [0.15, 0.2) is 0 Å². The Kier molecular flexibility index (Phi) is 4.39. The van der Waals surface area contributed by atoms with Gasteiger partial charge in [-0.15, -0.1) is 11.6 Å². The zero-order valence-corrected chi connectivity index (χ0v) is 19.0.